The second-order valence-electron chi connectivity index (χ2n) is 12.1. The minimum atomic E-state index is -1.93. The van der Waals surface area contributed by atoms with Gasteiger partial charge in [-0.1, -0.05) is 68.9 Å². The molecular weight excluding hydrogens is 478 g/mol. The quantitative estimate of drug-likeness (QED) is 0.131. The molecule has 0 spiro atoms. The largest absolute Gasteiger partial charge is 0.395 e. The molecule has 0 N–H and O–H groups in total. The third kappa shape index (κ3) is 11.5. The summed E-state index contributed by atoms with van der Waals surface area (Å²) in [6, 6.07) is 11.7. The van der Waals surface area contributed by atoms with Gasteiger partial charge in [0.05, 0.1) is 6.61 Å². The number of unbranched alkanes of at least 4 members (excludes halogenated alkanes) is 6. The Hall–Kier alpha value is -0.763. The second kappa shape index (κ2) is 16.4. The first kappa shape index (κ1) is 32.4. The summed E-state index contributed by atoms with van der Waals surface area (Å²) in [5, 5.41) is 2.26. The maximum atomic E-state index is 6.74. The van der Waals surface area contributed by atoms with E-state index < -0.39 is 8.56 Å². The maximum Gasteiger partial charge on any atom is 0.334 e. The van der Waals surface area contributed by atoms with Gasteiger partial charge in [0.1, 0.15) is 6.10 Å². The van der Waals surface area contributed by atoms with Crippen LogP contribution in [0.3, 0.4) is 0 Å². The van der Waals surface area contributed by atoms with Crippen molar-refractivity contribution >= 4 is 8.56 Å². The molecule has 37 heavy (non-hydrogen) atoms. The number of hydrogen-bond donors (Lipinski definition) is 0. The van der Waals surface area contributed by atoms with Crippen molar-refractivity contribution in [3.8, 4) is 0 Å². The molecule has 0 aliphatic carbocycles. The molecule has 214 valence electrons. The van der Waals surface area contributed by atoms with E-state index in [-0.39, 0.29) is 17.2 Å². The first-order valence-electron chi connectivity index (χ1n) is 15.0. The van der Waals surface area contributed by atoms with Crippen LogP contribution in [0.15, 0.2) is 30.3 Å². The van der Waals surface area contributed by atoms with E-state index in [1.54, 1.807) is 0 Å². The molecule has 6 heteroatoms. The fourth-order valence-corrected chi connectivity index (χ4v) is 8.25. The predicted molar refractivity (Wildman–Crippen MR) is 157 cm³/mol. The highest BCUT2D eigenvalue weighted by atomic mass is 28.4. The molecule has 1 aromatic carbocycles. The minimum absolute atomic E-state index is 0.0155. The van der Waals surface area contributed by atoms with Crippen LogP contribution in [0.1, 0.15) is 117 Å². The van der Waals surface area contributed by atoms with E-state index in [2.05, 4.69) is 83.5 Å². The van der Waals surface area contributed by atoms with Crippen molar-refractivity contribution in [2.45, 2.75) is 136 Å². The van der Waals surface area contributed by atoms with Gasteiger partial charge in [-0.25, -0.2) is 0 Å². The molecule has 1 heterocycles. The van der Waals surface area contributed by atoms with Gasteiger partial charge < -0.3 is 13.6 Å². The Morgan fingerprint density at radius 2 is 1.35 bits per heavy atom. The first-order valence-corrected chi connectivity index (χ1v) is 17.5. The lowest BCUT2D eigenvalue weighted by Crippen LogP contribution is -2.58. The number of benzene rings is 1. The van der Waals surface area contributed by atoms with Crippen LogP contribution in [0.25, 0.3) is 0 Å². The molecule has 1 aromatic rings. The highest BCUT2D eigenvalue weighted by molar-refractivity contribution is 6.66. The van der Waals surface area contributed by atoms with Crippen molar-refractivity contribution in [3.05, 3.63) is 35.9 Å². The lowest BCUT2D eigenvalue weighted by atomic mass is 9.82. The standard InChI is InChI=1S/C31H57NO4Si/c1-8-34-37(7,35-9-2)26-19-14-12-10-11-13-18-25-33-27-29(28-21-16-15-17-22-28)36-32-30(3,4)23-20-24-31(32,5)6/h15-17,21-22,29H,8-14,18-20,23-27H2,1-7H3. The first-order chi connectivity index (χ1) is 17.6. The summed E-state index contributed by atoms with van der Waals surface area (Å²) in [6.45, 7) is 18.5. The number of piperidine rings is 1. The monoisotopic (exact) mass is 535 g/mol. The summed E-state index contributed by atoms with van der Waals surface area (Å²) in [7, 11) is -1.93. The molecule has 1 atom stereocenters. The van der Waals surface area contributed by atoms with Crippen LogP contribution in [0.4, 0.5) is 0 Å². The van der Waals surface area contributed by atoms with Crippen molar-refractivity contribution in [2.24, 2.45) is 0 Å². The highest BCUT2D eigenvalue weighted by Gasteiger charge is 2.43. The molecule has 0 aromatic heterocycles. The van der Waals surface area contributed by atoms with Gasteiger partial charge in [0, 0.05) is 30.9 Å². The van der Waals surface area contributed by atoms with E-state index in [4.69, 9.17) is 18.4 Å². The van der Waals surface area contributed by atoms with E-state index >= 15 is 0 Å². The Bertz CT molecular complexity index is 705. The Morgan fingerprint density at radius 1 is 0.811 bits per heavy atom. The second-order valence-corrected chi connectivity index (χ2v) is 15.4. The molecule has 0 amide bonds. The average Bonchev–Trinajstić information content (AvgIpc) is 2.84. The van der Waals surface area contributed by atoms with E-state index in [0.717, 1.165) is 45.1 Å². The SMILES string of the molecule is CCO[Si](C)(CCCCCCCCCOCC(ON1C(C)(C)CCCC1(C)C)c1ccccc1)OCC. The van der Waals surface area contributed by atoms with Gasteiger partial charge in [-0.15, -0.1) is 0 Å². The van der Waals surface area contributed by atoms with Crippen LogP contribution < -0.4 is 0 Å². The molecule has 1 aliphatic rings. The van der Waals surface area contributed by atoms with E-state index in [0.29, 0.717) is 6.61 Å². The fourth-order valence-electron chi connectivity index (χ4n) is 5.76. The fraction of sp³-hybridized carbons (Fsp3) is 0.806. The third-order valence-electron chi connectivity index (χ3n) is 7.67. The average molecular weight is 536 g/mol. The number of hydroxylamine groups is 2. The normalized spacial score (nSPS) is 18.7. The Balaban J connectivity index is 1.68. The smallest absolute Gasteiger partial charge is 0.334 e. The van der Waals surface area contributed by atoms with Crippen LogP contribution in [0.5, 0.6) is 0 Å². The molecule has 1 unspecified atom stereocenters. The molecule has 0 saturated carbocycles. The molecule has 1 fully saturated rings. The van der Waals surface area contributed by atoms with E-state index in [9.17, 15) is 0 Å². The van der Waals surface area contributed by atoms with Gasteiger partial charge >= 0.3 is 8.56 Å². The number of hydrogen-bond acceptors (Lipinski definition) is 5. The van der Waals surface area contributed by atoms with Crippen molar-refractivity contribution in [2.75, 3.05) is 26.4 Å². The maximum absolute atomic E-state index is 6.74. The Morgan fingerprint density at radius 3 is 1.92 bits per heavy atom. The van der Waals surface area contributed by atoms with E-state index in [1.165, 1.54) is 50.5 Å². The molecular formula is C31H57NO4Si. The van der Waals surface area contributed by atoms with Crippen LogP contribution in [0, 0.1) is 0 Å². The number of rotatable bonds is 19. The van der Waals surface area contributed by atoms with Gasteiger partial charge in [0.15, 0.2) is 0 Å². The number of ether oxygens (including phenoxy) is 1. The Kier molecular flexibility index (Phi) is 14.4. The zero-order valence-electron chi connectivity index (χ0n) is 25.2. The lowest BCUT2D eigenvalue weighted by Gasteiger charge is -2.52. The van der Waals surface area contributed by atoms with Crippen molar-refractivity contribution in [3.63, 3.8) is 0 Å². The van der Waals surface area contributed by atoms with Crippen molar-refractivity contribution in [1.82, 2.24) is 5.06 Å². The van der Waals surface area contributed by atoms with Gasteiger partial charge in [0.2, 0.25) is 0 Å². The summed E-state index contributed by atoms with van der Waals surface area (Å²) < 4.78 is 18.1. The van der Waals surface area contributed by atoms with Gasteiger partial charge in [-0.2, -0.15) is 5.06 Å². The summed E-state index contributed by atoms with van der Waals surface area (Å²) in [4.78, 5) is 6.74. The predicted octanol–water partition coefficient (Wildman–Crippen LogP) is 8.59. The molecule has 1 saturated heterocycles. The van der Waals surface area contributed by atoms with Gasteiger partial charge in [0.25, 0.3) is 0 Å². The summed E-state index contributed by atoms with van der Waals surface area (Å²) in [6.07, 6.45) is 12.2. The van der Waals surface area contributed by atoms with Crippen molar-refractivity contribution in [1.29, 1.82) is 0 Å². The Labute approximate surface area is 229 Å². The number of nitrogens with zero attached hydrogens (tertiary/aromatic N) is 1. The van der Waals surface area contributed by atoms with Crippen LogP contribution in [-0.4, -0.2) is 51.1 Å². The molecule has 5 nitrogen and oxygen atoms in total. The van der Waals surface area contributed by atoms with Crippen LogP contribution in [0.2, 0.25) is 12.6 Å². The molecule has 0 bridgehead atoms. The minimum Gasteiger partial charge on any atom is -0.395 e. The summed E-state index contributed by atoms with van der Waals surface area (Å²) >= 11 is 0. The lowest BCUT2D eigenvalue weighted by molar-refractivity contribution is -0.312. The van der Waals surface area contributed by atoms with Gasteiger partial charge in [-0.05, 0) is 85.4 Å². The van der Waals surface area contributed by atoms with Crippen LogP contribution in [-0.2, 0) is 18.4 Å². The van der Waals surface area contributed by atoms with Crippen molar-refractivity contribution < 1.29 is 18.4 Å². The molecule has 1 aliphatic heterocycles. The molecule has 2 rings (SSSR count). The summed E-state index contributed by atoms with van der Waals surface area (Å²) in [5.74, 6) is 0. The van der Waals surface area contributed by atoms with Gasteiger partial charge in [-0.3, -0.25) is 4.84 Å². The van der Waals surface area contributed by atoms with E-state index in [1.807, 2.05) is 0 Å². The highest BCUT2D eigenvalue weighted by Crippen LogP contribution is 2.40. The summed E-state index contributed by atoms with van der Waals surface area (Å²) in [5.41, 5.74) is 1.22. The topological polar surface area (TPSA) is 40.2 Å². The third-order valence-corrected chi connectivity index (χ3v) is 10.7. The zero-order valence-corrected chi connectivity index (χ0v) is 26.2. The molecule has 0 radical (unpaired) electrons. The van der Waals surface area contributed by atoms with Crippen LogP contribution >= 0.6 is 0 Å². The zero-order chi connectivity index (χ0) is 27.2.